The van der Waals surface area contributed by atoms with Gasteiger partial charge in [-0.3, -0.25) is 4.99 Å². The van der Waals surface area contributed by atoms with Gasteiger partial charge in [0.05, 0.1) is 12.2 Å². The van der Waals surface area contributed by atoms with Gasteiger partial charge >= 0.3 is 0 Å². The van der Waals surface area contributed by atoms with Crippen LogP contribution >= 0.6 is 11.8 Å². The van der Waals surface area contributed by atoms with Crippen molar-refractivity contribution < 1.29 is 20.1 Å². The van der Waals surface area contributed by atoms with Gasteiger partial charge in [0.2, 0.25) is 0 Å². The predicted octanol–water partition coefficient (Wildman–Crippen LogP) is -0.505. The molecule has 1 atom stereocenters. The van der Waals surface area contributed by atoms with Crippen LogP contribution in [0.5, 0.6) is 11.5 Å². The van der Waals surface area contributed by atoms with E-state index < -0.39 is 11.5 Å². The van der Waals surface area contributed by atoms with Crippen molar-refractivity contribution in [2.45, 2.75) is 12.5 Å². The Morgan fingerprint density at radius 1 is 1.59 bits per heavy atom. The van der Waals surface area contributed by atoms with Crippen LogP contribution < -0.4 is 5.11 Å². The zero-order valence-corrected chi connectivity index (χ0v) is 9.69. The van der Waals surface area contributed by atoms with Crippen molar-refractivity contribution in [1.82, 2.24) is 4.98 Å². The third kappa shape index (κ3) is 2.05. The third-order valence-electron chi connectivity index (χ3n) is 2.33. The van der Waals surface area contributed by atoms with Crippen molar-refractivity contribution in [2.75, 3.05) is 5.75 Å². The van der Waals surface area contributed by atoms with Gasteiger partial charge in [-0.2, -0.15) is 0 Å². The third-order valence-corrected chi connectivity index (χ3v) is 3.60. The summed E-state index contributed by atoms with van der Waals surface area (Å²) in [5, 5.41) is 29.9. The number of pyridine rings is 1. The Kier molecular flexibility index (Phi) is 2.70. The Morgan fingerprint density at radius 2 is 2.29 bits per heavy atom. The summed E-state index contributed by atoms with van der Waals surface area (Å²) in [4.78, 5) is 18.7. The summed E-state index contributed by atoms with van der Waals surface area (Å²) in [6, 6.07) is 1.13. The van der Waals surface area contributed by atoms with Crippen molar-refractivity contribution in [1.29, 1.82) is 0 Å². The number of carboxylic acids is 1. The van der Waals surface area contributed by atoms with Crippen molar-refractivity contribution in [3.8, 4) is 11.5 Å². The van der Waals surface area contributed by atoms with Crippen molar-refractivity contribution in [2.24, 2.45) is 4.99 Å². The van der Waals surface area contributed by atoms with Gasteiger partial charge < -0.3 is 20.1 Å². The Morgan fingerprint density at radius 3 is 2.82 bits per heavy atom. The number of hydrogen-bond donors (Lipinski definition) is 2. The first-order valence-corrected chi connectivity index (χ1v) is 5.73. The number of aliphatic carboxylic acids is 1. The van der Waals surface area contributed by atoms with Gasteiger partial charge in [0.15, 0.2) is 0 Å². The van der Waals surface area contributed by atoms with Crippen LogP contribution in [0.25, 0.3) is 0 Å². The van der Waals surface area contributed by atoms with Crippen molar-refractivity contribution >= 4 is 22.8 Å². The SMILES string of the molecule is C[C@]1(C(=O)[O-])CSC(c2ncc(O)cc2O)=N1. The number of carbonyl (C=O) groups is 1. The molecule has 0 amide bonds. The van der Waals surface area contributed by atoms with Gasteiger partial charge in [-0.15, -0.1) is 11.8 Å². The molecule has 0 saturated carbocycles. The Labute approximate surface area is 101 Å². The van der Waals surface area contributed by atoms with E-state index in [4.69, 9.17) is 5.11 Å². The number of rotatable bonds is 2. The highest BCUT2D eigenvalue weighted by Crippen LogP contribution is 2.33. The topological polar surface area (TPSA) is 106 Å². The monoisotopic (exact) mass is 253 g/mol. The van der Waals surface area contributed by atoms with E-state index in [0.29, 0.717) is 5.04 Å². The molecule has 2 rings (SSSR count). The van der Waals surface area contributed by atoms with Crippen LogP contribution in [0, 0.1) is 0 Å². The molecule has 1 aromatic rings. The summed E-state index contributed by atoms with van der Waals surface area (Å²) < 4.78 is 0. The first-order chi connectivity index (χ1) is 7.92. The molecule has 1 aliphatic rings. The summed E-state index contributed by atoms with van der Waals surface area (Å²) >= 11 is 1.18. The van der Waals surface area contributed by atoms with Crippen molar-refractivity contribution in [3.63, 3.8) is 0 Å². The Balaban J connectivity index is 2.40. The molecule has 1 aliphatic heterocycles. The van der Waals surface area contributed by atoms with Gasteiger partial charge in [-0.05, 0) is 6.92 Å². The van der Waals surface area contributed by atoms with E-state index in [1.54, 1.807) is 0 Å². The standard InChI is InChI=1S/C10H10N2O4S/c1-10(9(15)16)4-17-8(12-10)7-6(14)2-5(13)3-11-7/h2-3,13-14H,4H2,1H3,(H,15,16)/p-1/t10-/m1/s1. The molecule has 7 heteroatoms. The molecule has 0 aromatic carbocycles. The van der Waals surface area contributed by atoms with E-state index >= 15 is 0 Å². The average Bonchev–Trinajstić information content (AvgIpc) is 2.62. The second kappa shape index (κ2) is 3.92. The number of aliphatic imine (C=N–C) groups is 1. The zero-order chi connectivity index (χ0) is 12.6. The van der Waals surface area contributed by atoms with Gasteiger partial charge in [0.1, 0.15) is 27.8 Å². The molecule has 1 aromatic heterocycles. The molecule has 0 saturated heterocycles. The quantitative estimate of drug-likeness (QED) is 0.735. The van der Waals surface area contributed by atoms with E-state index in [0.717, 1.165) is 12.3 Å². The molecular weight excluding hydrogens is 244 g/mol. The van der Waals surface area contributed by atoms with Gasteiger partial charge in [-0.25, -0.2) is 4.98 Å². The first-order valence-electron chi connectivity index (χ1n) is 4.75. The second-order valence-corrected chi connectivity index (χ2v) is 4.79. The summed E-state index contributed by atoms with van der Waals surface area (Å²) in [5.41, 5.74) is -1.13. The molecule has 0 radical (unpaired) electrons. The fourth-order valence-electron chi connectivity index (χ4n) is 1.33. The molecule has 17 heavy (non-hydrogen) atoms. The van der Waals surface area contributed by atoms with Crippen LogP contribution in [0.15, 0.2) is 17.3 Å². The van der Waals surface area contributed by atoms with Crippen LogP contribution in [-0.4, -0.2) is 37.5 Å². The molecule has 90 valence electrons. The highest BCUT2D eigenvalue weighted by molar-refractivity contribution is 8.14. The minimum atomic E-state index is -1.30. The summed E-state index contributed by atoms with van der Waals surface area (Å²) in [6.45, 7) is 1.44. The number of aromatic nitrogens is 1. The molecule has 0 fully saturated rings. The molecule has 0 aliphatic carbocycles. The van der Waals surface area contributed by atoms with Crippen LogP contribution in [0.3, 0.4) is 0 Å². The van der Waals surface area contributed by atoms with Crippen LogP contribution in [0.4, 0.5) is 0 Å². The van der Waals surface area contributed by atoms with Gasteiger partial charge in [0.25, 0.3) is 0 Å². The van der Waals surface area contributed by atoms with E-state index in [2.05, 4.69) is 9.98 Å². The number of thioether (sulfide) groups is 1. The highest BCUT2D eigenvalue weighted by atomic mass is 32.2. The summed E-state index contributed by atoms with van der Waals surface area (Å²) in [6.07, 6.45) is 1.16. The lowest BCUT2D eigenvalue weighted by atomic mass is 10.1. The van der Waals surface area contributed by atoms with E-state index in [1.807, 2.05) is 0 Å². The van der Waals surface area contributed by atoms with Gasteiger partial charge in [-0.1, -0.05) is 0 Å². The number of nitrogens with zero attached hydrogens (tertiary/aromatic N) is 2. The molecule has 2 heterocycles. The van der Waals surface area contributed by atoms with E-state index in [1.165, 1.54) is 18.7 Å². The molecule has 0 spiro atoms. The first kappa shape index (κ1) is 11.7. The maximum atomic E-state index is 10.9. The van der Waals surface area contributed by atoms with Crippen LogP contribution in [0.1, 0.15) is 12.6 Å². The van der Waals surface area contributed by atoms with E-state index in [-0.39, 0.29) is 22.9 Å². The predicted molar refractivity (Wildman–Crippen MR) is 60.0 cm³/mol. The minimum absolute atomic E-state index is 0.165. The zero-order valence-electron chi connectivity index (χ0n) is 8.88. The average molecular weight is 253 g/mol. The molecule has 0 bridgehead atoms. The smallest absolute Gasteiger partial charge is 0.147 e. The van der Waals surface area contributed by atoms with Gasteiger partial charge in [0, 0.05) is 11.8 Å². The van der Waals surface area contributed by atoms with E-state index in [9.17, 15) is 15.0 Å². The maximum absolute atomic E-state index is 10.9. The lowest BCUT2D eigenvalue weighted by Crippen LogP contribution is -2.45. The summed E-state index contributed by atoms with van der Waals surface area (Å²) in [7, 11) is 0. The fraction of sp³-hybridized carbons (Fsp3) is 0.300. The lowest BCUT2D eigenvalue weighted by molar-refractivity contribution is -0.311. The number of hydrogen-bond acceptors (Lipinski definition) is 7. The second-order valence-electron chi connectivity index (χ2n) is 3.83. The number of aromatic hydroxyl groups is 2. The molecular formula is C10H9N2O4S-. The molecule has 2 N–H and O–H groups in total. The minimum Gasteiger partial charge on any atom is -0.547 e. The number of carbonyl (C=O) groups excluding carboxylic acids is 1. The van der Waals surface area contributed by atoms with Crippen LogP contribution in [0.2, 0.25) is 0 Å². The van der Waals surface area contributed by atoms with Crippen LogP contribution in [-0.2, 0) is 4.79 Å². The molecule has 0 unspecified atom stereocenters. The highest BCUT2D eigenvalue weighted by Gasteiger charge is 2.33. The van der Waals surface area contributed by atoms with Crippen molar-refractivity contribution in [3.05, 3.63) is 18.0 Å². The molecule has 6 nitrogen and oxygen atoms in total. The lowest BCUT2D eigenvalue weighted by Gasteiger charge is -2.19. The Hall–Kier alpha value is -1.76. The summed E-state index contributed by atoms with van der Waals surface area (Å²) in [5.74, 6) is -1.44. The number of carboxylic acid groups (broad SMARTS) is 1. The Bertz CT molecular complexity index is 517. The fourth-order valence-corrected chi connectivity index (χ4v) is 2.49. The largest absolute Gasteiger partial charge is 0.547 e. The maximum Gasteiger partial charge on any atom is 0.147 e. The normalized spacial score (nSPS) is 23.5.